The molecule has 128 valence electrons. The van der Waals surface area contributed by atoms with Crippen LogP contribution in [-0.2, 0) is 4.79 Å². The number of aliphatic carboxylic acids is 1. The smallest absolute Gasteiger partial charge is 0.319 e. The largest absolute Gasteiger partial charge is 0.480 e. The second-order valence-electron chi connectivity index (χ2n) is 5.81. The number of urea groups is 1. The fourth-order valence-corrected chi connectivity index (χ4v) is 2.93. The number of anilines is 1. The van der Waals surface area contributed by atoms with Gasteiger partial charge in [-0.25, -0.2) is 9.42 Å². The van der Waals surface area contributed by atoms with Gasteiger partial charge in [0, 0.05) is 12.1 Å². The first-order chi connectivity index (χ1) is 11.6. The zero-order valence-corrected chi connectivity index (χ0v) is 13.2. The lowest BCUT2D eigenvalue weighted by molar-refractivity contribution is -0.139. The number of fused-ring (bicyclic) bond motifs is 1. The molecule has 0 atom stereocenters. The predicted octanol–water partition coefficient (Wildman–Crippen LogP) is 1.28. The van der Waals surface area contributed by atoms with Crippen molar-refractivity contribution in [3.63, 3.8) is 0 Å². The van der Waals surface area contributed by atoms with Crippen molar-refractivity contribution >= 4 is 28.7 Å². The topological polar surface area (TPSA) is 121 Å². The van der Waals surface area contributed by atoms with Gasteiger partial charge in [0.15, 0.2) is 5.52 Å². The minimum absolute atomic E-state index is 0.0290. The van der Waals surface area contributed by atoms with Crippen LogP contribution in [0.25, 0.3) is 11.0 Å². The van der Waals surface area contributed by atoms with Crippen molar-refractivity contribution in [3.05, 3.63) is 18.2 Å². The van der Waals surface area contributed by atoms with Gasteiger partial charge in [-0.2, -0.15) is 0 Å². The number of carbonyl (C=O) groups is 2. The Labute approximate surface area is 138 Å². The van der Waals surface area contributed by atoms with Crippen LogP contribution < -0.4 is 10.6 Å². The number of nitrogens with zero attached hydrogens (tertiary/aromatic N) is 3. The van der Waals surface area contributed by atoms with Gasteiger partial charge in [-0.1, -0.05) is 13.0 Å². The molecule has 1 aliphatic carbocycles. The fourth-order valence-electron chi connectivity index (χ4n) is 2.93. The Morgan fingerprint density at radius 3 is 2.88 bits per heavy atom. The number of hydrogen-bond acceptors (Lipinski definition) is 6. The third-order valence-corrected chi connectivity index (χ3v) is 4.24. The Morgan fingerprint density at radius 1 is 1.38 bits per heavy atom. The molecule has 2 aromatic rings. The second-order valence-corrected chi connectivity index (χ2v) is 5.81. The number of amides is 2. The van der Waals surface area contributed by atoms with Gasteiger partial charge in [-0.15, -0.1) is 0 Å². The number of hydrogen-bond donors (Lipinski definition) is 3. The summed E-state index contributed by atoms with van der Waals surface area (Å²) in [5, 5.41) is 22.0. The van der Waals surface area contributed by atoms with E-state index < -0.39 is 5.97 Å². The zero-order chi connectivity index (χ0) is 17.1. The summed E-state index contributed by atoms with van der Waals surface area (Å²) in [6, 6.07) is 5.13. The van der Waals surface area contributed by atoms with Gasteiger partial charge in [-0.3, -0.25) is 9.69 Å². The SMILES string of the molecule is CCN(CC(=O)O)C1CC(NC(=O)Nc2cccc3nonc23)C1. The van der Waals surface area contributed by atoms with E-state index >= 15 is 0 Å². The molecule has 9 nitrogen and oxygen atoms in total. The van der Waals surface area contributed by atoms with Crippen LogP contribution in [0.2, 0.25) is 0 Å². The monoisotopic (exact) mass is 333 g/mol. The Hall–Kier alpha value is -2.68. The quantitative estimate of drug-likeness (QED) is 0.728. The number of carboxylic acids is 1. The molecular weight excluding hydrogens is 314 g/mol. The highest BCUT2D eigenvalue weighted by Gasteiger charge is 2.34. The standard InChI is InChI=1S/C15H19N5O4/c1-2-20(8-13(21)22)10-6-9(7-10)16-15(23)17-11-4-3-5-12-14(11)19-24-18-12/h3-5,9-10H,2,6-8H2,1H3,(H,21,22)(H2,16,17,23). The number of benzene rings is 1. The summed E-state index contributed by atoms with van der Waals surface area (Å²) in [5.41, 5.74) is 1.60. The van der Waals surface area contributed by atoms with Crippen LogP contribution >= 0.6 is 0 Å². The molecule has 0 spiro atoms. The molecule has 3 rings (SSSR count). The summed E-state index contributed by atoms with van der Waals surface area (Å²) in [5.74, 6) is -0.833. The molecule has 1 aliphatic rings. The molecule has 0 saturated heterocycles. The molecule has 1 heterocycles. The first-order valence-electron chi connectivity index (χ1n) is 7.81. The predicted molar refractivity (Wildman–Crippen MR) is 85.7 cm³/mol. The number of nitrogens with one attached hydrogen (secondary N) is 2. The Kier molecular flexibility index (Phi) is 4.61. The molecule has 1 aromatic carbocycles. The highest BCUT2D eigenvalue weighted by molar-refractivity contribution is 5.98. The van der Waals surface area contributed by atoms with E-state index in [4.69, 9.17) is 5.11 Å². The Morgan fingerprint density at radius 2 is 2.17 bits per heavy atom. The second kappa shape index (κ2) is 6.83. The first-order valence-corrected chi connectivity index (χ1v) is 7.81. The van der Waals surface area contributed by atoms with Crippen molar-refractivity contribution in [2.45, 2.75) is 31.8 Å². The lowest BCUT2D eigenvalue weighted by atomic mass is 9.85. The van der Waals surface area contributed by atoms with Crippen LogP contribution in [0.15, 0.2) is 22.8 Å². The molecule has 1 saturated carbocycles. The normalized spacial score (nSPS) is 19.9. The van der Waals surface area contributed by atoms with Crippen LogP contribution in [-0.4, -0.2) is 57.5 Å². The van der Waals surface area contributed by atoms with E-state index in [1.807, 2.05) is 11.8 Å². The van der Waals surface area contributed by atoms with Gasteiger partial charge in [-0.05, 0) is 41.8 Å². The van der Waals surface area contributed by atoms with E-state index in [-0.39, 0.29) is 24.7 Å². The molecule has 24 heavy (non-hydrogen) atoms. The van der Waals surface area contributed by atoms with Crippen LogP contribution in [0.4, 0.5) is 10.5 Å². The van der Waals surface area contributed by atoms with Crippen molar-refractivity contribution in [2.24, 2.45) is 0 Å². The number of aromatic nitrogens is 2. The van der Waals surface area contributed by atoms with Gasteiger partial charge in [0.2, 0.25) is 0 Å². The van der Waals surface area contributed by atoms with E-state index in [9.17, 15) is 9.59 Å². The summed E-state index contributed by atoms with van der Waals surface area (Å²) < 4.78 is 4.66. The van der Waals surface area contributed by atoms with Crippen LogP contribution in [0, 0.1) is 0 Å². The molecule has 2 amide bonds. The average molecular weight is 333 g/mol. The van der Waals surface area contributed by atoms with Crippen molar-refractivity contribution in [1.82, 2.24) is 20.5 Å². The highest BCUT2D eigenvalue weighted by atomic mass is 16.6. The summed E-state index contributed by atoms with van der Waals surface area (Å²) in [6.07, 6.45) is 1.48. The number of rotatable bonds is 6. The zero-order valence-electron chi connectivity index (χ0n) is 13.2. The number of carbonyl (C=O) groups excluding carboxylic acids is 1. The lowest BCUT2D eigenvalue weighted by Gasteiger charge is -2.42. The molecule has 1 aromatic heterocycles. The van der Waals surface area contributed by atoms with Crippen LogP contribution in [0.3, 0.4) is 0 Å². The van der Waals surface area contributed by atoms with E-state index in [1.165, 1.54) is 0 Å². The average Bonchev–Trinajstić information content (AvgIpc) is 2.98. The van der Waals surface area contributed by atoms with E-state index in [1.54, 1.807) is 18.2 Å². The maximum atomic E-state index is 12.1. The molecule has 0 bridgehead atoms. The van der Waals surface area contributed by atoms with Gasteiger partial charge in [0.25, 0.3) is 0 Å². The van der Waals surface area contributed by atoms with E-state index in [0.717, 1.165) is 12.8 Å². The van der Waals surface area contributed by atoms with Crippen molar-refractivity contribution in [3.8, 4) is 0 Å². The Bertz CT molecular complexity index is 740. The summed E-state index contributed by atoms with van der Waals surface area (Å²) in [4.78, 5) is 24.8. The minimum Gasteiger partial charge on any atom is -0.480 e. The van der Waals surface area contributed by atoms with Gasteiger partial charge in [0.1, 0.15) is 5.52 Å². The van der Waals surface area contributed by atoms with Gasteiger partial charge in [0.05, 0.1) is 12.2 Å². The van der Waals surface area contributed by atoms with E-state index in [2.05, 4.69) is 25.6 Å². The third-order valence-electron chi connectivity index (χ3n) is 4.24. The Balaban J connectivity index is 1.50. The molecule has 0 unspecified atom stereocenters. The molecule has 9 heteroatoms. The van der Waals surface area contributed by atoms with Crippen molar-refractivity contribution < 1.29 is 19.3 Å². The van der Waals surface area contributed by atoms with Gasteiger partial charge >= 0.3 is 12.0 Å². The lowest BCUT2D eigenvalue weighted by Crippen LogP contribution is -2.55. The molecule has 3 N–H and O–H groups in total. The molecular formula is C15H19N5O4. The first kappa shape index (κ1) is 16.2. The van der Waals surface area contributed by atoms with Gasteiger partial charge < -0.3 is 15.7 Å². The molecule has 0 aliphatic heterocycles. The summed E-state index contributed by atoms with van der Waals surface area (Å²) in [6.45, 7) is 2.64. The maximum absolute atomic E-state index is 12.1. The van der Waals surface area contributed by atoms with Crippen molar-refractivity contribution in [1.29, 1.82) is 0 Å². The third kappa shape index (κ3) is 3.46. The fraction of sp³-hybridized carbons (Fsp3) is 0.467. The van der Waals surface area contributed by atoms with Crippen LogP contribution in [0.5, 0.6) is 0 Å². The summed E-state index contributed by atoms with van der Waals surface area (Å²) >= 11 is 0. The summed E-state index contributed by atoms with van der Waals surface area (Å²) in [7, 11) is 0. The molecule has 0 radical (unpaired) electrons. The highest BCUT2D eigenvalue weighted by Crippen LogP contribution is 2.26. The number of likely N-dealkylation sites (N-methyl/N-ethyl adjacent to an activating group) is 1. The maximum Gasteiger partial charge on any atom is 0.319 e. The number of carboxylic acid groups (broad SMARTS) is 1. The molecule has 1 fully saturated rings. The van der Waals surface area contributed by atoms with Crippen LogP contribution in [0.1, 0.15) is 19.8 Å². The van der Waals surface area contributed by atoms with Crippen molar-refractivity contribution in [2.75, 3.05) is 18.4 Å². The minimum atomic E-state index is -0.833. The van der Waals surface area contributed by atoms with E-state index in [0.29, 0.717) is 23.3 Å².